The van der Waals surface area contributed by atoms with E-state index in [1.54, 1.807) is 0 Å². The summed E-state index contributed by atoms with van der Waals surface area (Å²) in [6.45, 7) is 0. The quantitative estimate of drug-likeness (QED) is 0.165. The normalized spacial score (nSPS) is 16.3. The van der Waals surface area contributed by atoms with Crippen molar-refractivity contribution < 1.29 is 5.32 Å². The van der Waals surface area contributed by atoms with Gasteiger partial charge in [0.1, 0.15) is 6.04 Å². The van der Waals surface area contributed by atoms with Crippen molar-refractivity contribution in [3.63, 3.8) is 0 Å². The molecule has 1 aromatic heterocycles. The van der Waals surface area contributed by atoms with E-state index in [0.29, 0.717) is 0 Å². The lowest BCUT2D eigenvalue weighted by Crippen LogP contribution is -2.89. The van der Waals surface area contributed by atoms with Crippen molar-refractivity contribution in [2.45, 2.75) is 24.9 Å². The maximum Gasteiger partial charge on any atom is 0.232 e. The molecule has 0 spiro atoms. The Hall–Kier alpha value is -7.79. The Morgan fingerprint density at radius 3 is 2.11 bits per heavy atom. The molecule has 63 heavy (non-hydrogen) atoms. The lowest BCUT2D eigenvalue weighted by atomic mass is 9.81. The summed E-state index contributed by atoms with van der Waals surface area (Å²) in [4.78, 5) is 5.37. The van der Waals surface area contributed by atoms with E-state index >= 15 is 0 Å². The maximum atomic E-state index is 5.37. The van der Waals surface area contributed by atoms with Gasteiger partial charge in [0.25, 0.3) is 0 Å². The van der Waals surface area contributed by atoms with Crippen molar-refractivity contribution in [1.29, 1.82) is 0 Å². The van der Waals surface area contributed by atoms with E-state index in [1.807, 2.05) is 0 Å². The minimum atomic E-state index is 0.00995. The van der Waals surface area contributed by atoms with Crippen LogP contribution in [0.4, 0.5) is 5.69 Å². The van der Waals surface area contributed by atoms with Gasteiger partial charge >= 0.3 is 0 Å². The summed E-state index contributed by atoms with van der Waals surface area (Å²) in [7, 11) is 0. The summed E-state index contributed by atoms with van der Waals surface area (Å²) in [5, 5.41) is 7.60. The van der Waals surface area contributed by atoms with Crippen LogP contribution < -0.4 is 10.6 Å². The van der Waals surface area contributed by atoms with Gasteiger partial charge in [-0.25, -0.2) is 0 Å². The van der Waals surface area contributed by atoms with Gasteiger partial charge in [-0.1, -0.05) is 158 Å². The predicted molar refractivity (Wildman–Crippen MR) is 261 cm³/mol. The van der Waals surface area contributed by atoms with Gasteiger partial charge in [0.05, 0.1) is 22.8 Å². The molecule has 3 heterocycles. The van der Waals surface area contributed by atoms with Crippen molar-refractivity contribution in [3.8, 4) is 39.1 Å². The number of aromatic nitrogens is 1. The lowest BCUT2D eigenvalue weighted by Gasteiger charge is -2.32. The first-order valence-corrected chi connectivity index (χ1v) is 22.1. The molecule has 1 aliphatic carbocycles. The molecule has 0 saturated carbocycles. The fourth-order valence-corrected chi connectivity index (χ4v) is 10.1. The zero-order valence-electron chi connectivity index (χ0n) is 34.8. The lowest BCUT2D eigenvalue weighted by molar-refractivity contribution is -0.575. The number of hydrogen-bond donors (Lipinski definition) is 2. The highest BCUT2D eigenvalue weighted by molar-refractivity contribution is 5.98. The van der Waals surface area contributed by atoms with E-state index in [0.717, 1.165) is 46.9 Å². The molecule has 0 saturated heterocycles. The minimum absolute atomic E-state index is 0.00995. The van der Waals surface area contributed by atoms with Crippen LogP contribution in [0, 0.1) is 0 Å². The fourth-order valence-electron chi connectivity index (χ4n) is 10.1. The Kier molecular flexibility index (Phi) is 9.16. The number of hydrogen-bond acceptors (Lipinski definition) is 2. The molecule has 0 bridgehead atoms. The summed E-state index contributed by atoms with van der Waals surface area (Å²) >= 11 is 0. The Balaban J connectivity index is 0.947. The zero-order chi connectivity index (χ0) is 41.7. The van der Waals surface area contributed by atoms with Crippen molar-refractivity contribution in [3.05, 3.63) is 251 Å². The molecule has 3 N–H and O–H groups in total. The van der Waals surface area contributed by atoms with Gasteiger partial charge in [0, 0.05) is 45.2 Å². The monoisotopic (exact) mass is 809 g/mol. The number of aliphatic imine (C=N–C) groups is 1. The molecule has 8 aromatic carbocycles. The summed E-state index contributed by atoms with van der Waals surface area (Å²) < 4.78 is 2.43. The number of aryl methyl sites for hydroxylation is 1. The summed E-state index contributed by atoms with van der Waals surface area (Å²) in [5.74, 6) is 0.985. The van der Waals surface area contributed by atoms with Crippen LogP contribution in [0.1, 0.15) is 57.6 Å². The smallest absolute Gasteiger partial charge is 0.232 e. The molecule has 0 amide bonds. The molecule has 2 unspecified atom stereocenters. The molecular weight excluding hydrogens is 765 g/mol. The van der Waals surface area contributed by atoms with Crippen LogP contribution in [0.3, 0.4) is 0 Å². The second-order valence-corrected chi connectivity index (χ2v) is 16.8. The van der Waals surface area contributed by atoms with Crippen molar-refractivity contribution in [2.75, 3.05) is 5.32 Å². The fraction of sp³-hybridized carbons (Fsp3) is 0.0678. The van der Waals surface area contributed by atoms with Gasteiger partial charge < -0.3 is 9.88 Å². The number of para-hydroxylation sites is 1. The molecule has 4 nitrogen and oxygen atoms in total. The number of benzene rings is 8. The molecule has 0 radical (unpaired) electrons. The van der Waals surface area contributed by atoms with E-state index in [1.165, 1.54) is 72.2 Å². The molecule has 2 aliphatic heterocycles. The van der Waals surface area contributed by atoms with Crippen LogP contribution in [0.2, 0.25) is 0 Å². The number of nitrogens with one attached hydrogen (secondary N) is 1. The average molecular weight is 810 g/mol. The number of amidine groups is 1. The summed E-state index contributed by atoms with van der Waals surface area (Å²) in [6, 6.07) is 72.8. The predicted octanol–water partition coefficient (Wildman–Crippen LogP) is 13.2. The van der Waals surface area contributed by atoms with Gasteiger partial charge in [-0.15, -0.1) is 0 Å². The van der Waals surface area contributed by atoms with Crippen LogP contribution in [0.15, 0.2) is 217 Å². The van der Waals surface area contributed by atoms with Gasteiger partial charge in [0.15, 0.2) is 0 Å². The highest BCUT2D eigenvalue weighted by atomic mass is 15.1. The zero-order valence-corrected chi connectivity index (χ0v) is 34.8. The highest BCUT2D eigenvalue weighted by Crippen LogP contribution is 2.48. The van der Waals surface area contributed by atoms with Gasteiger partial charge in [-0.3, -0.25) is 5.32 Å². The molecule has 3 aliphatic rings. The third kappa shape index (κ3) is 6.64. The minimum Gasteiger partial charge on any atom is -0.374 e. The van der Waals surface area contributed by atoms with E-state index in [4.69, 9.17) is 4.99 Å². The van der Waals surface area contributed by atoms with Crippen LogP contribution >= 0.6 is 0 Å². The molecule has 4 heteroatoms. The van der Waals surface area contributed by atoms with Crippen LogP contribution in [0.5, 0.6) is 0 Å². The third-order valence-corrected chi connectivity index (χ3v) is 13.1. The molecule has 9 aromatic rings. The van der Waals surface area contributed by atoms with Gasteiger partial charge in [-0.2, -0.15) is 4.99 Å². The second-order valence-electron chi connectivity index (χ2n) is 16.8. The number of nitrogens with zero attached hydrogens (tertiary/aromatic N) is 2. The first kappa shape index (κ1) is 37.0. The number of rotatable bonds is 7. The Bertz CT molecular complexity index is 3280. The van der Waals surface area contributed by atoms with Crippen molar-refractivity contribution >= 4 is 34.2 Å². The summed E-state index contributed by atoms with van der Waals surface area (Å²) in [5.41, 5.74) is 20.5. The Morgan fingerprint density at radius 2 is 1.25 bits per heavy atom. The SMILES string of the molecule is C1=Cc2c(c3ccccc3n2-c2cccc(C3=CC(c4cccc(-c5ccc6c(c5)-c5c(-c7ccccc7)cccc5C(c5ccccc5)N6)c4)[NH2+]C(c4ccccc4)=N3)c2)CC1. The van der Waals surface area contributed by atoms with E-state index in [9.17, 15) is 0 Å². The molecule has 12 rings (SSSR count). The molecule has 0 fully saturated rings. The van der Waals surface area contributed by atoms with Crippen molar-refractivity contribution in [2.24, 2.45) is 4.99 Å². The molecule has 300 valence electrons. The number of quaternary nitrogens is 1. The Labute approximate surface area is 368 Å². The highest BCUT2D eigenvalue weighted by Gasteiger charge is 2.29. The standard InChI is InChI=1S/C59H44N4/c1-4-17-39(18-5-1)47-29-16-30-50-57(47)51-37-43(33-34-52(51)60-58(50)40-19-6-2-7-20-40)42-23-14-24-44(35-42)53-38-54(62-59(61-53)41-21-8-3-9-22-41)45-25-15-26-46(36-45)63-55-31-12-10-27-48(55)49-28-11-13-32-56(49)63/h1-10,12-27,29-38,53,58,60H,11,28H2,(H,61,62)/p+1. The topological polar surface area (TPSA) is 45.9 Å². The van der Waals surface area contributed by atoms with Gasteiger partial charge in [0.2, 0.25) is 5.84 Å². The average Bonchev–Trinajstić information content (AvgIpc) is 3.71. The van der Waals surface area contributed by atoms with Crippen molar-refractivity contribution in [1.82, 2.24) is 4.57 Å². The first-order chi connectivity index (χ1) is 31.2. The second kappa shape index (κ2) is 15.6. The van der Waals surface area contributed by atoms with Gasteiger partial charge in [-0.05, 0) is 112 Å². The van der Waals surface area contributed by atoms with Crippen LogP contribution in [0.25, 0.3) is 61.7 Å². The number of anilines is 1. The Morgan fingerprint density at radius 1 is 0.556 bits per heavy atom. The third-order valence-electron chi connectivity index (χ3n) is 13.1. The van der Waals surface area contributed by atoms with E-state index in [-0.39, 0.29) is 12.1 Å². The number of nitrogens with two attached hydrogens (primary N) is 1. The number of allylic oxidation sites excluding steroid dienone is 1. The molecule has 2 atom stereocenters. The van der Waals surface area contributed by atoms with E-state index < -0.39 is 0 Å². The van der Waals surface area contributed by atoms with Crippen LogP contribution in [-0.4, -0.2) is 10.4 Å². The number of fused-ring (bicyclic) bond motifs is 6. The molecular formula is C59H45N4+. The maximum absolute atomic E-state index is 5.37. The van der Waals surface area contributed by atoms with Crippen LogP contribution in [-0.2, 0) is 6.42 Å². The summed E-state index contributed by atoms with van der Waals surface area (Å²) in [6.07, 6.45) is 9.09. The first-order valence-electron chi connectivity index (χ1n) is 22.1. The largest absolute Gasteiger partial charge is 0.374 e. The van der Waals surface area contributed by atoms with E-state index in [2.05, 4.69) is 234 Å².